The fraction of sp³-hybridized carbons (Fsp3) is 0.417. The van der Waals surface area contributed by atoms with Crippen LogP contribution >= 0.6 is 0 Å². The van der Waals surface area contributed by atoms with Crippen molar-refractivity contribution in [1.82, 2.24) is 0 Å². The van der Waals surface area contributed by atoms with E-state index in [-0.39, 0.29) is 6.79 Å². The van der Waals surface area contributed by atoms with Crippen LogP contribution in [0.3, 0.4) is 0 Å². The minimum absolute atomic E-state index is 0.187. The van der Waals surface area contributed by atoms with E-state index < -0.39 is 0 Å². The molecule has 0 aliphatic rings. The summed E-state index contributed by atoms with van der Waals surface area (Å²) in [4.78, 5) is 0. The van der Waals surface area contributed by atoms with Crippen LogP contribution in [-0.4, -0.2) is 28.1 Å². The predicted molar refractivity (Wildman–Crippen MR) is 114 cm³/mol. The molecule has 152 valence electrons. The van der Waals surface area contributed by atoms with Gasteiger partial charge >= 0.3 is 0 Å². The van der Waals surface area contributed by atoms with E-state index in [0.717, 1.165) is 40.4 Å². The zero-order chi connectivity index (χ0) is 20.2. The van der Waals surface area contributed by atoms with Crippen LogP contribution in [0.5, 0.6) is 17.2 Å². The molecule has 2 aromatic rings. The van der Waals surface area contributed by atoms with Gasteiger partial charge in [0.05, 0.1) is 14.2 Å². The van der Waals surface area contributed by atoms with Gasteiger partial charge in [-0.1, -0.05) is 44.4 Å². The van der Waals surface area contributed by atoms with Crippen molar-refractivity contribution in [2.24, 2.45) is 0 Å². The molecule has 0 spiro atoms. The second-order valence-electron chi connectivity index (χ2n) is 6.61. The van der Waals surface area contributed by atoms with Crippen LogP contribution in [0.25, 0.3) is 5.57 Å². The summed E-state index contributed by atoms with van der Waals surface area (Å²) in [7, 11) is 4.95. The van der Waals surface area contributed by atoms with E-state index in [1.165, 1.54) is 25.7 Å². The smallest absolute Gasteiger partial charge is 0.188 e. The first kappa shape index (κ1) is 21.8. The van der Waals surface area contributed by atoms with E-state index in [1.807, 2.05) is 30.3 Å². The van der Waals surface area contributed by atoms with Gasteiger partial charge < -0.3 is 18.9 Å². The molecule has 28 heavy (non-hydrogen) atoms. The van der Waals surface area contributed by atoms with E-state index in [0.29, 0.717) is 0 Å². The molecule has 0 aliphatic heterocycles. The highest BCUT2D eigenvalue weighted by Gasteiger charge is 2.13. The van der Waals surface area contributed by atoms with Crippen molar-refractivity contribution in [2.45, 2.75) is 39.0 Å². The van der Waals surface area contributed by atoms with E-state index >= 15 is 0 Å². The topological polar surface area (TPSA) is 36.9 Å². The molecule has 0 unspecified atom stereocenters. The van der Waals surface area contributed by atoms with Crippen molar-refractivity contribution in [3.05, 3.63) is 59.7 Å². The maximum atomic E-state index is 5.85. The van der Waals surface area contributed by atoms with Crippen LogP contribution in [0, 0.1) is 0 Å². The van der Waals surface area contributed by atoms with Gasteiger partial charge in [0.2, 0.25) is 0 Å². The molecule has 0 saturated heterocycles. The number of allylic oxidation sites excluding steroid dienone is 1. The third-order valence-corrected chi connectivity index (χ3v) is 4.62. The van der Waals surface area contributed by atoms with E-state index in [1.54, 1.807) is 21.3 Å². The van der Waals surface area contributed by atoms with E-state index in [2.05, 4.69) is 25.1 Å². The Hall–Kier alpha value is -2.46. The van der Waals surface area contributed by atoms with Gasteiger partial charge in [-0.3, -0.25) is 0 Å². The van der Waals surface area contributed by atoms with E-state index in [4.69, 9.17) is 18.9 Å². The Balaban J connectivity index is 2.40. The van der Waals surface area contributed by atoms with Crippen molar-refractivity contribution in [2.75, 3.05) is 28.1 Å². The van der Waals surface area contributed by atoms with Gasteiger partial charge in [-0.05, 0) is 48.2 Å². The molecular formula is C24H32O4. The summed E-state index contributed by atoms with van der Waals surface area (Å²) >= 11 is 0. The third-order valence-electron chi connectivity index (χ3n) is 4.62. The Morgan fingerprint density at radius 2 is 1.57 bits per heavy atom. The molecule has 0 N–H and O–H groups in total. The second-order valence-corrected chi connectivity index (χ2v) is 6.61. The van der Waals surface area contributed by atoms with Crippen LogP contribution in [0.15, 0.2) is 48.5 Å². The number of hydrogen-bond acceptors (Lipinski definition) is 4. The van der Waals surface area contributed by atoms with Crippen molar-refractivity contribution < 1.29 is 18.9 Å². The van der Waals surface area contributed by atoms with Crippen LogP contribution < -0.4 is 14.2 Å². The third kappa shape index (κ3) is 6.31. The predicted octanol–water partition coefficient (Wildman–Crippen LogP) is 6.09. The van der Waals surface area contributed by atoms with Gasteiger partial charge in [0.15, 0.2) is 6.79 Å². The second kappa shape index (κ2) is 12.1. The molecule has 2 aromatic carbocycles. The fourth-order valence-electron chi connectivity index (χ4n) is 3.07. The van der Waals surface area contributed by atoms with Crippen molar-refractivity contribution in [3.8, 4) is 17.2 Å². The number of ether oxygens (including phenoxy) is 4. The van der Waals surface area contributed by atoms with Gasteiger partial charge in [-0.2, -0.15) is 0 Å². The summed E-state index contributed by atoms with van der Waals surface area (Å²) in [5, 5.41) is 0. The first-order chi connectivity index (χ1) is 13.7. The molecule has 4 nitrogen and oxygen atoms in total. The normalized spacial score (nSPS) is 11.4. The minimum atomic E-state index is 0.187. The first-order valence-electron chi connectivity index (χ1n) is 9.88. The maximum absolute atomic E-state index is 5.85. The summed E-state index contributed by atoms with van der Waals surface area (Å²) in [5.74, 6) is 2.35. The molecule has 0 heterocycles. The molecule has 0 atom stereocenters. The Kier molecular flexibility index (Phi) is 9.43. The van der Waals surface area contributed by atoms with Crippen LogP contribution in [-0.2, 0) is 4.74 Å². The zero-order valence-electron chi connectivity index (χ0n) is 17.5. The summed E-state index contributed by atoms with van der Waals surface area (Å²) < 4.78 is 21.7. The van der Waals surface area contributed by atoms with Gasteiger partial charge in [-0.25, -0.2) is 0 Å². The van der Waals surface area contributed by atoms with Crippen molar-refractivity contribution >= 4 is 5.57 Å². The van der Waals surface area contributed by atoms with Gasteiger partial charge in [-0.15, -0.1) is 0 Å². The molecule has 0 amide bonds. The lowest BCUT2D eigenvalue weighted by atomic mass is 9.95. The zero-order valence-corrected chi connectivity index (χ0v) is 17.5. The highest BCUT2D eigenvalue weighted by molar-refractivity contribution is 5.83. The minimum Gasteiger partial charge on any atom is -0.497 e. The number of benzene rings is 2. The van der Waals surface area contributed by atoms with Gasteiger partial charge in [0.25, 0.3) is 0 Å². The lowest BCUT2D eigenvalue weighted by molar-refractivity contribution is 0.0508. The lowest BCUT2D eigenvalue weighted by Gasteiger charge is -2.16. The molecule has 0 bridgehead atoms. The summed E-state index contributed by atoms with van der Waals surface area (Å²) in [5.41, 5.74) is 3.30. The molecule has 0 fully saturated rings. The number of rotatable bonds is 12. The SMILES string of the molecule is CCCCCC/C=C(/c1ccc(OC)cc1)c1ccc(OC)cc1OCOC. The quantitative estimate of drug-likeness (QED) is 0.328. The summed E-state index contributed by atoms with van der Waals surface area (Å²) in [6.07, 6.45) is 8.27. The number of methoxy groups -OCH3 is 3. The van der Waals surface area contributed by atoms with Crippen LogP contribution in [0.2, 0.25) is 0 Å². The van der Waals surface area contributed by atoms with Gasteiger partial charge in [0.1, 0.15) is 17.2 Å². The van der Waals surface area contributed by atoms with Crippen molar-refractivity contribution in [3.63, 3.8) is 0 Å². The molecule has 2 rings (SSSR count). The van der Waals surface area contributed by atoms with Crippen LogP contribution in [0.1, 0.15) is 50.2 Å². The van der Waals surface area contributed by atoms with Crippen LogP contribution in [0.4, 0.5) is 0 Å². The van der Waals surface area contributed by atoms with Gasteiger partial charge in [0, 0.05) is 18.7 Å². The first-order valence-corrected chi connectivity index (χ1v) is 9.88. The van der Waals surface area contributed by atoms with Crippen molar-refractivity contribution in [1.29, 1.82) is 0 Å². The highest BCUT2D eigenvalue weighted by atomic mass is 16.7. The summed E-state index contributed by atoms with van der Waals surface area (Å²) in [6.45, 7) is 2.42. The Morgan fingerprint density at radius 3 is 2.21 bits per heavy atom. The molecule has 4 heteroatoms. The molecule has 0 radical (unpaired) electrons. The highest BCUT2D eigenvalue weighted by Crippen LogP contribution is 2.35. The monoisotopic (exact) mass is 384 g/mol. The Bertz CT molecular complexity index is 735. The number of unbranched alkanes of at least 4 members (excludes halogenated alkanes) is 4. The maximum Gasteiger partial charge on any atom is 0.188 e. The molecule has 0 saturated carbocycles. The lowest BCUT2D eigenvalue weighted by Crippen LogP contribution is -2.02. The van der Waals surface area contributed by atoms with E-state index in [9.17, 15) is 0 Å². The standard InChI is InChI=1S/C24H32O4/c1-5-6-7-8-9-10-22(19-11-13-20(26-3)14-12-19)23-16-15-21(27-4)17-24(23)28-18-25-2/h10-17H,5-9,18H2,1-4H3/b22-10-. The molecule has 0 aliphatic carbocycles. The average molecular weight is 385 g/mol. The largest absolute Gasteiger partial charge is 0.497 e. The Labute approximate surface area is 169 Å². The fourth-order valence-corrected chi connectivity index (χ4v) is 3.07. The number of hydrogen-bond donors (Lipinski definition) is 0. The summed E-state index contributed by atoms with van der Waals surface area (Å²) in [6, 6.07) is 14.1. The molecular weight excluding hydrogens is 352 g/mol. The molecule has 0 aromatic heterocycles. The average Bonchev–Trinajstić information content (AvgIpc) is 2.75. The Morgan fingerprint density at radius 1 is 0.857 bits per heavy atom.